The molecule has 0 radical (unpaired) electrons. The van der Waals surface area contributed by atoms with Gasteiger partial charge in [0.05, 0.1) is 23.2 Å². The molecule has 0 fully saturated rings. The Morgan fingerprint density at radius 1 is 1.46 bits per heavy atom. The lowest BCUT2D eigenvalue weighted by Crippen LogP contribution is -1.82. The summed E-state index contributed by atoms with van der Waals surface area (Å²) in [5.74, 6) is 1.58. The van der Waals surface area contributed by atoms with E-state index in [1.807, 2.05) is 13.0 Å². The van der Waals surface area contributed by atoms with Gasteiger partial charge in [-0.2, -0.15) is 0 Å². The number of H-pyrrole nitrogens is 1. The Morgan fingerprint density at radius 3 is 2.92 bits per heavy atom. The van der Waals surface area contributed by atoms with Crippen molar-refractivity contribution in [3.05, 3.63) is 23.0 Å². The molecule has 0 aliphatic carbocycles. The molecule has 1 N–H and O–H groups in total. The number of nitrogens with one attached hydrogen (secondary N) is 1. The van der Waals surface area contributed by atoms with Gasteiger partial charge in [0.2, 0.25) is 0 Å². The largest absolute Gasteiger partial charge is 0.497 e. The van der Waals surface area contributed by atoms with Crippen molar-refractivity contribution in [2.24, 2.45) is 0 Å². The van der Waals surface area contributed by atoms with Gasteiger partial charge >= 0.3 is 0 Å². The second kappa shape index (κ2) is 2.92. The molecule has 0 unspecified atom stereocenters. The monoisotopic (exact) mass is 196 g/mol. The zero-order chi connectivity index (χ0) is 9.42. The predicted octanol–water partition coefficient (Wildman–Crippen LogP) is 2.53. The molecule has 0 aliphatic rings. The highest BCUT2D eigenvalue weighted by Gasteiger charge is 2.05. The molecule has 2 rings (SSSR count). The highest BCUT2D eigenvalue weighted by molar-refractivity contribution is 6.35. The van der Waals surface area contributed by atoms with E-state index in [9.17, 15) is 0 Å². The van der Waals surface area contributed by atoms with E-state index in [4.69, 9.17) is 16.3 Å². The number of aryl methyl sites for hydroxylation is 1. The standard InChI is InChI=1S/C9H9ClN2O/c1-5-11-8-4-6(13-2)3-7(10)9(8)12-5/h3-4H,1-2H3,(H,11,12). The van der Waals surface area contributed by atoms with Crippen molar-refractivity contribution < 1.29 is 4.74 Å². The third-order valence-corrected chi connectivity index (χ3v) is 2.17. The molecule has 2 aromatic rings. The molecular weight excluding hydrogens is 188 g/mol. The summed E-state index contributed by atoms with van der Waals surface area (Å²) in [4.78, 5) is 7.34. The van der Waals surface area contributed by atoms with Crippen molar-refractivity contribution in [3.8, 4) is 5.75 Å². The number of ether oxygens (including phenoxy) is 1. The first kappa shape index (κ1) is 8.38. The van der Waals surface area contributed by atoms with Crippen LogP contribution in [0.3, 0.4) is 0 Å². The minimum Gasteiger partial charge on any atom is -0.497 e. The summed E-state index contributed by atoms with van der Waals surface area (Å²) in [5, 5.41) is 0.634. The number of hydrogen-bond acceptors (Lipinski definition) is 2. The number of aromatic nitrogens is 2. The molecule has 1 aromatic heterocycles. The molecule has 0 atom stereocenters. The van der Waals surface area contributed by atoms with Crippen LogP contribution >= 0.6 is 11.6 Å². The zero-order valence-electron chi connectivity index (χ0n) is 7.39. The first-order chi connectivity index (χ1) is 6.20. The van der Waals surface area contributed by atoms with E-state index in [0.29, 0.717) is 5.02 Å². The first-order valence-corrected chi connectivity index (χ1v) is 4.28. The maximum absolute atomic E-state index is 6.00. The van der Waals surface area contributed by atoms with E-state index in [0.717, 1.165) is 22.6 Å². The number of halogens is 1. The SMILES string of the molecule is COc1cc(Cl)c2[nH]c(C)nc2c1. The average Bonchev–Trinajstić information content (AvgIpc) is 2.46. The van der Waals surface area contributed by atoms with Crippen LogP contribution in [-0.4, -0.2) is 17.1 Å². The molecule has 0 spiro atoms. The number of rotatable bonds is 1. The van der Waals surface area contributed by atoms with E-state index < -0.39 is 0 Å². The van der Waals surface area contributed by atoms with Crippen LogP contribution in [0.5, 0.6) is 5.75 Å². The van der Waals surface area contributed by atoms with Gasteiger partial charge in [-0.25, -0.2) is 4.98 Å². The number of benzene rings is 1. The Hall–Kier alpha value is -1.22. The van der Waals surface area contributed by atoms with Gasteiger partial charge < -0.3 is 9.72 Å². The van der Waals surface area contributed by atoms with Crippen LogP contribution < -0.4 is 4.74 Å². The molecule has 1 heterocycles. The maximum Gasteiger partial charge on any atom is 0.122 e. The number of fused-ring (bicyclic) bond motifs is 1. The molecule has 13 heavy (non-hydrogen) atoms. The third-order valence-electron chi connectivity index (χ3n) is 1.87. The van der Waals surface area contributed by atoms with Crippen molar-refractivity contribution in [1.82, 2.24) is 9.97 Å². The summed E-state index contributed by atoms with van der Waals surface area (Å²) in [6.07, 6.45) is 0. The average molecular weight is 197 g/mol. The van der Waals surface area contributed by atoms with Gasteiger partial charge in [-0.05, 0) is 6.92 Å². The van der Waals surface area contributed by atoms with E-state index in [-0.39, 0.29) is 0 Å². The molecule has 0 amide bonds. The number of hydrogen-bond donors (Lipinski definition) is 1. The maximum atomic E-state index is 6.00. The summed E-state index contributed by atoms with van der Waals surface area (Å²) < 4.78 is 5.07. The quantitative estimate of drug-likeness (QED) is 0.761. The molecule has 0 saturated carbocycles. The Bertz CT molecular complexity index is 450. The summed E-state index contributed by atoms with van der Waals surface area (Å²) in [7, 11) is 1.61. The van der Waals surface area contributed by atoms with Crippen LogP contribution in [0.25, 0.3) is 11.0 Å². The van der Waals surface area contributed by atoms with E-state index in [1.54, 1.807) is 13.2 Å². The Kier molecular flexibility index (Phi) is 1.88. The van der Waals surface area contributed by atoms with Crippen molar-refractivity contribution in [2.45, 2.75) is 6.92 Å². The van der Waals surface area contributed by atoms with Crippen LogP contribution in [0, 0.1) is 6.92 Å². The van der Waals surface area contributed by atoms with Gasteiger partial charge in [0.1, 0.15) is 11.6 Å². The van der Waals surface area contributed by atoms with Gasteiger partial charge in [-0.1, -0.05) is 11.6 Å². The predicted molar refractivity (Wildman–Crippen MR) is 52.4 cm³/mol. The Morgan fingerprint density at radius 2 is 2.23 bits per heavy atom. The van der Waals surface area contributed by atoms with Crippen molar-refractivity contribution >= 4 is 22.6 Å². The van der Waals surface area contributed by atoms with Gasteiger partial charge in [0.15, 0.2) is 0 Å². The van der Waals surface area contributed by atoms with E-state index >= 15 is 0 Å². The van der Waals surface area contributed by atoms with Gasteiger partial charge in [-0.15, -0.1) is 0 Å². The lowest BCUT2D eigenvalue weighted by atomic mass is 10.3. The molecular formula is C9H9ClN2O. The Balaban J connectivity index is 2.75. The van der Waals surface area contributed by atoms with Crippen LogP contribution in [0.15, 0.2) is 12.1 Å². The number of imidazole rings is 1. The second-order valence-electron chi connectivity index (χ2n) is 2.83. The zero-order valence-corrected chi connectivity index (χ0v) is 8.14. The summed E-state index contributed by atoms with van der Waals surface area (Å²) >= 11 is 6.00. The van der Waals surface area contributed by atoms with Crippen LogP contribution in [0.4, 0.5) is 0 Å². The fourth-order valence-electron chi connectivity index (χ4n) is 1.29. The number of nitrogens with zero attached hydrogens (tertiary/aromatic N) is 1. The second-order valence-corrected chi connectivity index (χ2v) is 3.23. The van der Waals surface area contributed by atoms with Crippen molar-refractivity contribution in [1.29, 1.82) is 0 Å². The Labute approximate surface area is 80.7 Å². The summed E-state index contributed by atoms with van der Waals surface area (Å²) in [5.41, 5.74) is 1.70. The van der Waals surface area contributed by atoms with Gasteiger partial charge in [-0.3, -0.25) is 0 Å². The molecule has 4 heteroatoms. The topological polar surface area (TPSA) is 37.9 Å². The minimum absolute atomic E-state index is 0.634. The minimum atomic E-state index is 0.634. The molecule has 0 bridgehead atoms. The van der Waals surface area contributed by atoms with Crippen LogP contribution in [0.1, 0.15) is 5.82 Å². The molecule has 3 nitrogen and oxygen atoms in total. The van der Waals surface area contributed by atoms with E-state index in [2.05, 4.69) is 9.97 Å². The first-order valence-electron chi connectivity index (χ1n) is 3.90. The normalized spacial score (nSPS) is 10.7. The lowest BCUT2D eigenvalue weighted by molar-refractivity contribution is 0.415. The third kappa shape index (κ3) is 1.35. The van der Waals surface area contributed by atoms with Gasteiger partial charge in [0.25, 0.3) is 0 Å². The van der Waals surface area contributed by atoms with Crippen LogP contribution in [0.2, 0.25) is 5.02 Å². The highest BCUT2D eigenvalue weighted by Crippen LogP contribution is 2.27. The van der Waals surface area contributed by atoms with E-state index in [1.165, 1.54) is 0 Å². The number of methoxy groups -OCH3 is 1. The fraction of sp³-hybridized carbons (Fsp3) is 0.222. The van der Waals surface area contributed by atoms with Crippen molar-refractivity contribution in [2.75, 3.05) is 7.11 Å². The molecule has 0 aliphatic heterocycles. The fourth-order valence-corrected chi connectivity index (χ4v) is 1.54. The summed E-state index contributed by atoms with van der Waals surface area (Å²) in [6, 6.07) is 3.62. The van der Waals surface area contributed by atoms with Crippen LogP contribution in [-0.2, 0) is 0 Å². The smallest absolute Gasteiger partial charge is 0.122 e. The lowest BCUT2D eigenvalue weighted by Gasteiger charge is -1.99. The molecule has 68 valence electrons. The summed E-state index contributed by atoms with van der Waals surface area (Å²) in [6.45, 7) is 1.89. The number of aromatic amines is 1. The van der Waals surface area contributed by atoms with Gasteiger partial charge in [0, 0.05) is 12.1 Å². The highest BCUT2D eigenvalue weighted by atomic mass is 35.5. The molecule has 1 aromatic carbocycles. The molecule has 0 saturated heterocycles. The van der Waals surface area contributed by atoms with Crippen molar-refractivity contribution in [3.63, 3.8) is 0 Å².